The molecule has 2 aromatic rings. The van der Waals surface area contributed by atoms with Crippen LogP contribution in [0.4, 0.5) is 4.79 Å². The molecule has 0 aliphatic heterocycles. The SMILES string of the molecule is O=C(NCCc1ccccc1Cl)NCc1ccccc1Cl. The van der Waals surface area contributed by atoms with Crippen molar-refractivity contribution in [2.45, 2.75) is 13.0 Å². The summed E-state index contributed by atoms with van der Waals surface area (Å²) >= 11 is 12.1. The Hall–Kier alpha value is -1.71. The lowest BCUT2D eigenvalue weighted by molar-refractivity contribution is 0.240. The van der Waals surface area contributed by atoms with Gasteiger partial charge in [-0.05, 0) is 29.7 Å². The van der Waals surface area contributed by atoms with Crippen LogP contribution in [0.25, 0.3) is 0 Å². The predicted octanol–water partition coefficient (Wildman–Crippen LogP) is 4.04. The first-order valence-corrected chi connectivity index (χ1v) is 7.41. The summed E-state index contributed by atoms with van der Waals surface area (Å²) in [7, 11) is 0. The Bertz CT molecular complexity index is 617. The highest BCUT2D eigenvalue weighted by atomic mass is 35.5. The molecule has 0 radical (unpaired) electrons. The van der Waals surface area contributed by atoms with Crippen molar-refractivity contribution in [3.8, 4) is 0 Å². The third kappa shape index (κ3) is 4.96. The summed E-state index contributed by atoms with van der Waals surface area (Å²) in [5.41, 5.74) is 1.91. The molecule has 0 atom stereocenters. The molecule has 3 nitrogen and oxygen atoms in total. The van der Waals surface area contributed by atoms with E-state index in [9.17, 15) is 4.79 Å². The molecule has 0 fully saturated rings. The summed E-state index contributed by atoms with van der Waals surface area (Å²) in [6.07, 6.45) is 0.694. The number of carbonyl (C=O) groups is 1. The van der Waals surface area contributed by atoms with E-state index in [4.69, 9.17) is 23.2 Å². The van der Waals surface area contributed by atoms with Crippen molar-refractivity contribution in [3.63, 3.8) is 0 Å². The summed E-state index contributed by atoms with van der Waals surface area (Å²) in [6, 6.07) is 14.8. The molecule has 110 valence electrons. The Kier molecular flexibility index (Phi) is 5.90. The zero-order chi connectivity index (χ0) is 15.1. The van der Waals surface area contributed by atoms with E-state index in [1.807, 2.05) is 42.5 Å². The standard InChI is InChI=1S/C16H16Cl2N2O/c17-14-7-3-1-5-12(14)9-10-19-16(21)20-11-13-6-2-4-8-15(13)18/h1-8H,9-11H2,(H2,19,20,21). The molecule has 21 heavy (non-hydrogen) atoms. The zero-order valence-electron chi connectivity index (χ0n) is 11.4. The number of urea groups is 1. The fourth-order valence-corrected chi connectivity index (χ4v) is 2.32. The highest BCUT2D eigenvalue weighted by Crippen LogP contribution is 2.15. The maximum atomic E-state index is 11.7. The number of rotatable bonds is 5. The Morgan fingerprint density at radius 1 is 0.857 bits per heavy atom. The molecule has 0 aromatic heterocycles. The summed E-state index contributed by atoms with van der Waals surface area (Å²) in [6.45, 7) is 0.926. The van der Waals surface area contributed by atoms with Crippen molar-refractivity contribution in [2.75, 3.05) is 6.54 Å². The molecule has 0 aliphatic carbocycles. The van der Waals surface area contributed by atoms with Crippen molar-refractivity contribution in [1.82, 2.24) is 10.6 Å². The number of nitrogens with one attached hydrogen (secondary N) is 2. The largest absolute Gasteiger partial charge is 0.338 e. The number of halogens is 2. The van der Waals surface area contributed by atoms with E-state index in [0.29, 0.717) is 24.5 Å². The number of hydrogen-bond acceptors (Lipinski definition) is 1. The molecular formula is C16H16Cl2N2O. The molecule has 0 unspecified atom stereocenters. The Morgan fingerprint density at radius 3 is 2.05 bits per heavy atom. The highest BCUT2D eigenvalue weighted by molar-refractivity contribution is 6.31. The van der Waals surface area contributed by atoms with Gasteiger partial charge in [0.15, 0.2) is 0 Å². The summed E-state index contributed by atoms with van der Waals surface area (Å²) < 4.78 is 0. The maximum absolute atomic E-state index is 11.7. The van der Waals surface area contributed by atoms with Crippen molar-refractivity contribution in [1.29, 1.82) is 0 Å². The second kappa shape index (κ2) is 7.91. The molecule has 2 amide bonds. The van der Waals surface area contributed by atoms with Gasteiger partial charge in [-0.2, -0.15) is 0 Å². The molecule has 2 rings (SSSR count). The third-order valence-electron chi connectivity index (χ3n) is 3.03. The molecule has 0 saturated carbocycles. The predicted molar refractivity (Wildman–Crippen MR) is 86.8 cm³/mol. The van der Waals surface area contributed by atoms with Gasteiger partial charge in [0.1, 0.15) is 0 Å². The lowest BCUT2D eigenvalue weighted by Crippen LogP contribution is -2.36. The van der Waals surface area contributed by atoms with Crippen molar-refractivity contribution in [3.05, 3.63) is 69.7 Å². The van der Waals surface area contributed by atoms with Crippen LogP contribution in [0.5, 0.6) is 0 Å². The summed E-state index contributed by atoms with van der Waals surface area (Å²) in [5.74, 6) is 0. The topological polar surface area (TPSA) is 41.1 Å². The van der Waals surface area contributed by atoms with E-state index in [0.717, 1.165) is 16.1 Å². The van der Waals surface area contributed by atoms with Gasteiger partial charge in [-0.3, -0.25) is 0 Å². The van der Waals surface area contributed by atoms with E-state index in [1.165, 1.54) is 0 Å². The minimum absolute atomic E-state index is 0.220. The van der Waals surface area contributed by atoms with Gasteiger partial charge in [0, 0.05) is 23.1 Å². The van der Waals surface area contributed by atoms with Crippen LogP contribution < -0.4 is 10.6 Å². The van der Waals surface area contributed by atoms with Crippen LogP contribution in [-0.4, -0.2) is 12.6 Å². The normalized spacial score (nSPS) is 10.2. The molecule has 2 N–H and O–H groups in total. The first-order chi connectivity index (χ1) is 10.2. The Balaban J connectivity index is 1.73. The Morgan fingerprint density at radius 2 is 1.43 bits per heavy atom. The zero-order valence-corrected chi connectivity index (χ0v) is 12.9. The second-order valence-electron chi connectivity index (χ2n) is 4.54. The molecule has 0 heterocycles. The quantitative estimate of drug-likeness (QED) is 0.857. The molecular weight excluding hydrogens is 307 g/mol. The highest BCUT2D eigenvalue weighted by Gasteiger charge is 2.04. The summed E-state index contributed by atoms with van der Waals surface area (Å²) in [4.78, 5) is 11.7. The van der Waals surface area contributed by atoms with Crippen LogP contribution in [0.1, 0.15) is 11.1 Å². The second-order valence-corrected chi connectivity index (χ2v) is 5.36. The molecule has 0 aliphatic rings. The number of hydrogen-bond donors (Lipinski definition) is 2. The average Bonchev–Trinajstić information content (AvgIpc) is 2.48. The van der Waals surface area contributed by atoms with E-state index in [-0.39, 0.29) is 6.03 Å². The first kappa shape index (κ1) is 15.7. The number of carbonyl (C=O) groups excluding carboxylic acids is 1. The van der Waals surface area contributed by atoms with E-state index < -0.39 is 0 Å². The van der Waals surface area contributed by atoms with Crippen LogP contribution in [0.3, 0.4) is 0 Å². The van der Waals surface area contributed by atoms with Crippen LogP contribution in [0.15, 0.2) is 48.5 Å². The molecule has 0 saturated heterocycles. The van der Waals surface area contributed by atoms with Gasteiger partial charge in [0.2, 0.25) is 0 Å². The fraction of sp³-hybridized carbons (Fsp3) is 0.188. The van der Waals surface area contributed by atoms with Crippen molar-refractivity contribution in [2.24, 2.45) is 0 Å². The Labute approximate surface area is 134 Å². The minimum Gasteiger partial charge on any atom is -0.338 e. The molecule has 2 aromatic carbocycles. The minimum atomic E-state index is -0.220. The average molecular weight is 323 g/mol. The lowest BCUT2D eigenvalue weighted by Gasteiger charge is -2.09. The van der Waals surface area contributed by atoms with Gasteiger partial charge < -0.3 is 10.6 Å². The van der Waals surface area contributed by atoms with Crippen molar-refractivity contribution < 1.29 is 4.79 Å². The summed E-state index contributed by atoms with van der Waals surface area (Å²) in [5, 5.41) is 6.93. The monoisotopic (exact) mass is 322 g/mol. The van der Waals surface area contributed by atoms with Gasteiger partial charge in [0.05, 0.1) is 0 Å². The van der Waals surface area contributed by atoms with E-state index in [2.05, 4.69) is 10.6 Å². The van der Waals surface area contributed by atoms with Crippen molar-refractivity contribution >= 4 is 29.2 Å². The van der Waals surface area contributed by atoms with Crippen LogP contribution in [0.2, 0.25) is 10.0 Å². The van der Waals surface area contributed by atoms with Gasteiger partial charge in [-0.25, -0.2) is 4.79 Å². The maximum Gasteiger partial charge on any atom is 0.315 e. The van der Waals surface area contributed by atoms with Gasteiger partial charge in [0.25, 0.3) is 0 Å². The van der Waals surface area contributed by atoms with E-state index >= 15 is 0 Å². The molecule has 0 bridgehead atoms. The van der Waals surface area contributed by atoms with E-state index in [1.54, 1.807) is 6.07 Å². The fourth-order valence-electron chi connectivity index (χ4n) is 1.89. The first-order valence-electron chi connectivity index (χ1n) is 6.65. The van der Waals surface area contributed by atoms with Crippen LogP contribution >= 0.6 is 23.2 Å². The molecule has 0 spiro atoms. The number of amides is 2. The number of benzene rings is 2. The third-order valence-corrected chi connectivity index (χ3v) is 3.77. The van der Waals surface area contributed by atoms with Crippen LogP contribution in [-0.2, 0) is 13.0 Å². The molecule has 5 heteroatoms. The smallest absolute Gasteiger partial charge is 0.315 e. The van der Waals surface area contributed by atoms with Gasteiger partial charge in [-0.15, -0.1) is 0 Å². The lowest BCUT2D eigenvalue weighted by atomic mass is 10.1. The van der Waals surface area contributed by atoms with Crippen LogP contribution in [0, 0.1) is 0 Å². The van der Waals surface area contributed by atoms with Gasteiger partial charge >= 0.3 is 6.03 Å². The van der Waals surface area contributed by atoms with Gasteiger partial charge in [-0.1, -0.05) is 59.6 Å².